The molecule has 0 spiro atoms. The molecule has 3 unspecified atom stereocenters. The number of aliphatic hydroxyl groups excluding tert-OH is 2. The number of carbonyl (C=O) groups is 1. The predicted molar refractivity (Wildman–Crippen MR) is 63.4 cm³/mol. The minimum absolute atomic E-state index is 0.00491. The van der Waals surface area contributed by atoms with Gasteiger partial charge >= 0.3 is 0 Å². The molecule has 3 atom stereocenters. The molecule has 2 saturated heterocycles. The summed E-state index contributed by atoms with van der Waals surface area (Å²) < 4.78 is 0. The molecule has 0 radical (unpaired) electrons. The molecule has 5 nitrogen and oxygen atoms in total. The number of amides is 1. The van der Waals surface area contributed by atoms with Gasteiger partial charge in [0.15, 0.2) is 0 Å². The Morgan fingerprint density at radius 2 is 1.88 bits per heavy atom. The fourth-order valence-corrected chi connectivity index (χ4v) is 2.76. The van der Waals surface area contributed by atoms with E-state index in [1.165, 1.54) is 0 Å². The topological polar surface area (TPSA) is 72.8 Å². The smallest absolute Gasteiger partial charge is 0.240 e. The van der Waals surface area contributed by atoms with Crippen molar-refractivity contribution in [1.82, 2.24) is 10.2 Å². The fraction of sp³-hybridized carbons (Fsp3) is 0.917. The lowest BCUT2D eigenvalue weighted by Crippen LogP contribution is -2.56. The average molecular weight is 242 g/mol. The van der Waals surface area contributed by atoms with Crippen LogP contribution < -0.4 is 5.32 Å². The summed E-state index contributed by atoms with van der Waals surface area (Å²) >= 11 is 0. The minimum Gasteiger partial charge on any atom is -0.388 e. The van der Waals surface area contributed by atoms with Crippen molar-refractivity contribution in [1.29, 1.82) is 0 Å². The largest absolute Gasteiger partial charge is 0.388 e. The van der Waals surface area contributed by atoms with Gasteiger partial charge in [-0.25, -0.2) is 0 Å². The van der Waals surface area contributed by atoms with Crippen LogP contribution in [-0.2, 0) is 4.79 Å². The second-order valence-corrected chi connectivity index (χ2v) is 5.86. The van der Waals surface area contributed by atoms with Crippen LogP contribution in [0, 0.1) is 5.41 Å². The SMILES string of the molecule is CC1(C)CCCNC1C(=O)N1CC(O)C(O)C1. The van der Waals surface area contributed by atoms with Gasteiger partial charge in [0.2, 0.25) is 5.91 Å². The number of hydrogen-bond acceptors (Lipinski definition) is 4. The lowest BCUT2D eigenvalue weighted by molar-refractivity contribution is -0.136. The van der Waals surface area contributed by atoms with Crippen LogP contribution in [0.15, 0.2) is 0 Å². The lowest BCUT2D eigenvalue weighted by Gasteiger charge is -2.40. The number of β-amino-alcohol motifs (C(OH)–C–C–N with tert-alkyl or cyclic N) is 2. The second kappa shape index (κ2) is 4.55. The molecule has 0 aromatic heterocycles. The average Bonchev–Trinajstić information content (AvgIpc) is 2.58. The molecule has 0 aromatic rings. The Kier molecular flexibility index (Phi) is 3.43. The first kappa shape index (κ1) is 12.8. The summed E-state index contributed by atoms with van der Waals surface area (Å²) in [5, 5.41) is 22.2. The van der Waals surface area contributed by atoms with Crippen LogP contribution in [0.5, 0.6) is 0 Å². The van der Waals surface area contributed by atoms with Gasteiger partial charge in [0.05, 0.1) is 18.2 Å². The van der Waals surface area contributed by atoms with Gasteiger partial charge in [-0.3, -0.25) is 4.79 Å². The molecular weight excluding hydrogens is 220 g/mol. The standard InChI is InChI=1S/C12H22N2O3/c1-12(2)4-3-5-13-10(12)11(17)14-6-8(15)9(16)7-14/h8-10,13,15-16H,3-7H2,1-2H3. The van der Waals surface area contributed by atoms with Gasteiger partial charge < -0.3 is 20.4 Å². The number of piperidine rings is 1. The van der Waals surface area contributed by atoms with Gasteiger partial charge in [0.1, 0.15) is 0 Å². The van der Waals surface area contributed by atoms with Crippen molar-refractivity contribution in [2.24, 2.45) is 5.41 Å². The highest BCUT2D eigenvalue weighted by Gasteiger charge is 2.42. The van der Waals surface area contributed by atoms with Gasteiger partial charge in [0, 0.05) is 13.1 Å². The molecule has 3 N–H and O–H groups in total. The van der Waals surface area contributed by atoms with E-state index >= 15 is 0 Å². The van der Waals surface area contributed by atoms with Crippen molar-refractivity contribution in [3.8, 4) is 0 Å². The van der Waals surface area contributed by atoms with Crippen molar-refractivity contribution in [3.63, 3.8) is 0 Å². The number of rotatable bonds is 1. The van der Waals surface area contributed by atoms with E-state index in [2.05, 4.69) is 19.2 Å². The lowest BCUT2D eigenvalue weighted by atomic mass is 9.77. The van der Waals surface area contributed by atoms with Gasteiger partial charge in [-0.05, 0) is 24.8 Å². The van der Waals surface area contributed by atoms with Crippen LogP contribution in [0.1, 0.15) is 26.7 Å². The summed E-state index contributed by atoms with van der Waals surface area (Å²) in [7, 11) is 0. The number of carbonyl (C=O) groups excluding carboxylic acids is 1. The van der Waals surface area contributed by atoms with Crippen molar-refractivity contribution in [2.75, 3.05) is 19.6 Å². The van der Waals surface area contributed by atoms with E-state index in [9.17, 15) is 15.0 Å². The fourth-order valence-electron chi connectivity index (χ4n) is 2.76. The molecule has 0 saturated carbocycles. The third kappa shape index (κ3) is 2.46. The molecule has 0 aromatic carbocycles. The Morgan fingerprint density at radius 3 is 2.41 bits per heavy atom. The first-order valence-corrected chi connectivity index (χ1v) is 6.30. The Hall–Kier alpha value is -0.650. The Labute approximate surface area is 102 Å². The molecule has 2 aliphatic rings. The van der Waals surface area contributed by atoms with Crippen molar-refractivity contribution < 1.29 is 15.0 Å². The third-order valence-electron chi connectivity index (χ3n) is 3.95. The van der Waals surface area contributed by atoms with E-state index in [-0.39, 0.29) is 30.5 Å². The maximum Gasteiger partial charge on any atom is 0.240 e. The zero-order valence-electron chi connectivity index (χ0n) is 10.5. The summed E-state index contributed by atoms with van der Waals surface area (Å²) in [6.45, 7) is 5.52. The number of aliphatic hydroxyl groups is 2. The molecule has 1 amide bonds. The second-order valence-electron chi connectivity index (χ2n) is 5.86. The summed E-state index contributed by atoms with van der Waals surface area (Å²) in [5.41, 5.74) is -0.0617. The molecule has 5 heteroatoms. The highest BCUT2D eigenvalue weighted by Crippen LogP contribution is 2.31. The maximum atomic E-state index is 12.3. The molecule has 98 valence electrons. The van der Waals surface area contributed by atoms with E-state index in [1.807, 2.05) is 0 Å². The van der Waals surface area contributed by atoms with Crippen LogP contribution in [-0.4, -0.2) is 58.9 Å². The van der Waals surface area contributed by atoms with E-state index in [0.29, 0.717) is 0 Å². The van der Waals surface area contributed by atoms with Crippen LogP contribution in [0.2, 0.25) is 0 Å². The van der Waals surface area contributed by atoms with Gasteiger partial charge in [-0.2, -0.15) is 0 Å². The summed E-state index contributed by atoms with van der Waals surface area (Å²) in [5.74, 6) is 0.00491. The summed E-state index contributed by atoms with van der Waals surface area (Å²) in [6.07, 6.45) is 0.508. The molecule has 2 fully saturated rings. The van der Waals surface area contributed by atoms with Crippen LogP contribution in [0.25, 0.3) is 0 Å². The van der Waals surface area contributed by atoms with Crippen molar-refractivity contribution >= 4 is 5.91 Å². The quantitative estimate of drug-likeness (QED) is 0.570. The summed E-state index contributed by atoms with van der Waals surface area (Å²) in [6, 6.07) is -0.200. The molecular formula is C12H22N2O3. The van der Waals surface area contributed by atoms with Crippen LogP contribution in [0.4, 0.5) is 0 Å². The monoisotopic (exact) mass is 242 g/mol. The Morgan fingerprint density at radius 1 is 1.29 bits per heavy atom. The van der Waals surface area contributed by atoms with E-state index in [4.69, 9.17) is 0 Å². The van der Waals surface area contributed by atoms with Gasteiger partial charge in [0.25, 0.3) is 0 Å². The molecule has 0 bridgehead atoms. The first-order chi connectivity index (χ1) is 7.92. The summed E-state index contributed by atoms with van der Waals surface area (Å²) in [4.78, 5) is 13.9. The highest BCUT2D eigenvalue weighted by molar-refractivity contribution is 5.83. The van der Waals surface area contributed by atoms with Crippen LogP contribution >= 0.6 is 0 Å². The Balaban J connectivity index is 2.04. The minimum atomic E-state index is -0.800. The van der Waals surface area contributed by atoms with Crippen molar-refractivity contribution in [2.45, 2.75) is 44.9 Å². The molecule has 2 aliphatic heterocycles. The Bertz CT molecular complexity index is 296. The molecule has 2 rings (SSSR count). The van der Waals surface area contributed by atoms with E-state index in [1.54, 1.807) is 4.90 Å². The third-order valence-corrected chi connectivity index (χ3v) is 3.95. The highest BCUT2D eigenvalue weighted by atomic mass is 16.3. The van der Waals surface area contributed by atoms with E-state index < -0.39 is 12.2 Å². The molecule has 17 heavy (non-hydrogen) atoms. The van der Waals surface area contributed by atoms with E-state index in [0.717, 1.165) is 19.4 Å². The molecule has 0 aliphatic carbocycles. The van der Waals surface area contributed by atoms with Gasteiger partial charge in [-0.15, -0.1) is 0 Å². The number of nitrogens with one attached hydrogen (secondary N) is 1. The number of hydrogen-bond donors (Lipinski definition) is 3. The number of likely N-dealkylation sites (tertiary alicyclic amines) is 1. The van der Waals surface area contributed by atoms with Crippen LogP contribution in [0.3, 0.4) is 0 Å². The zero-order chi connectivity index (χ0) is 12.6. The number of nitrogens with zero attached hydrogens (tertiary/aromatic N) is 1. The maximum absolute atomic E-state index is 12.3. The van der Waals surface area contributed by atoms with Crippen molar-refractivity contribution in [3.05, 3.63) is 0 Å². The van der Waals surface area contributed by atoms with Gasteiger partial charge in [-0.1, -0.05) is 13.8 Å². The normalized spacial score (nSPS) is 37.2. The first-order valence-electron chi connectivity index (χ1n) is 6.30. The molecule has 2 heterocycles. The predicted octanol–water partition coefficient (Wildman–Crippen LogP) is -0.671. The zero-order valence-corrected chi connectivity index (χ0v) is 10.5.